The van der Waals surface area contributed by atoms with Crippen LogP contribution in [0.3, 0.4) is 0 Å². The van der Waals surface area contributed by atoms with Gasteiger partial charge in [0.05, 0.1) is 25.2 Å². The molecule has 1 aliphatic carbocycles. The Labute approximate surface area is 194 Å². The number of methoxy groups -OCH3 is 1. The van der Waals surface area contributed by atoms with Gasteiger partial charge in [0, 0.05) is 18.8 Å². The van der Waals surface area contributed by atoms with Crippen molar-refractivity contribution in [3.63, 3.8) is 0 Å². The van der Waals surface area contributed by atoms with Crippen LogP contribution in [-0.4, -0.2) is 46.1 Å². The number of aryl methyl sites for hydroxylation is 1. The maximum absolute atomic E-state index is 12.8. The Kier molecular flexibility index (Phi) is 7.07. The predicted molar refractivity (Wildman–Crippen MR) is 122 cm³/mol. The number of ketones is 1. The van der Waals surface area contributed by atoms with E-state index in [1.54, 1.807) is 19.2 Å². The normalized spacial score (nSPS) is 18.4. The molecule has 1 heterocycles. The lowest BCUT2D eigenvalue weighted by atomic mass is 9.83. The summed E-state index contributed by atoms with van der Waals surface area (Å²) in [5.74, 6) is -0.250. The molecule has 33 heavy (non-hydrogen) atoms. The molecule has 0 aromatic heterocycles. The van der Waals surface area contributed by atoms with E-state index in [1.807, 2.05) is 25.1 Å². The number of benzene rings is 2. The van der Waals surface area contributed by atoms with Gasteiger partial charge >= 0.3 is 0 Å². The third-order valence-electron chi connectivity index (χ3n) is 6.28. The van der Waals surface area contributed by atoms with E-state index in [0.29, 0.717) is 51.3 Å². The molecule has 7 nitrogen and oxygen atoms in total. The zero-order chi connectivity index (χ0) is 23.5. The molecule has 1 aliphatic heterocycles. The average Bonchev–Trinajstić information content (AvgIpc) is 3.25. The van der Waals surface area contributed by atoms with Crippen molar-refractivity contribution in [2.24, 2.45) is 5.92 Å². The molecule has 0 unspecified atom stereocenters. The van der Waals surface area contributed by atoms with Crippen LogP contribution in [0.2, 0.25) is 0 Å². The summed E-state index contributed by atoms with van der Waals surface area (Å²) < 4.78 is 48.1. The van der Waals surface area contributed by atoms with E-state index in [-0.39, 0.29) is 16.6 Å². The van der Waals surface area contributed by atoms with Crippen molar-refractivity contribution >= 4 is 15.6 Å². The molecule has 0 bridgehead atoms. The van der Waals surface area contributed by atoms with Gasteiger partial charge in [0.15, 0.2) is 21.4 Å². The third kappa shape index (κ3) is 5.75. The van der Waals surface area contributed by atoms with Crippen molar-refractivity contribution in [2.75, 3.05) is 26.1 Å². The highest BCUT2D eigenvalue weighted by Crippen LogP contribution is 2.38. The van der Waals surface area contributed by atoms with Gasteiger partial charge in [0.1, 0.15) is 23.9 Å². The van der Waals surface area contributed by atoms with E-state index in [4.69, 9.17) is 18.9 Å². The fraction of sp³-hybridized carbons (Fsp3) is 0.480. The standard InChI is InChI=1S/C25H30O7S/c1-18-13-19(15-22(14-18)29-2)16-30-21-3-5-23(6-4-21)33(27,28)17-24(26)20-7-9-25(10-8-20)31-11-12-32-25/h3-6,13-15,20H,7-12,16-17H2,1-2H3. The monoisotopic (exact) mass is 474 g/mol. The Morgan fingerprint density at radius 3 is 2.33 bits per heavy atom. The fourth-order valence-corrected chi connectivity index (χ4v) is 5.82. The highest BCUT2D eigenvalue weighted by molar-refractivity contribution is 7.92. The van der Waals surface area contributed by atoms with Crippen molar-refractivity contribution in [3.05, 3.63) is 53.6 Å². The molecule has 2 aromatic rings. The van der Waals surface area contributed by atoms with E-state index in [0.717, 1.165) is 16.9 Å². The van der Waals surface area contributed by atoms with Gasteiger partial charge in [0.25, 0.3) is 0 Å². The zero-order valence-electron chi connectivity index (χ0n) is 19.0. The highest BCUT2D eigenvalue weighted by atomic mass is 32.2. The van der Waals surface area contributed by atoms with Crippen LogP contribution in [0.15, 0.2) is 47.4 Å². The molecule has 4 rings (SSSR count). The summed E-state index contributed by atoms with van der Waals surface area (Å²) in [6, 6.07) is 12.1. The molecular formula is C25H30O7S. The lowest BCUT2D eigenvalue weighted by Gasteiger charge is -2.34. The molecule has 1 saturated carbocycles. The van der Waals surface area contributed by atoms with E-state index in [9.17, 15) is 13.2 Å². The quantitative estimate of drug-likeness (QED) is 0.574. The number of rotatable bonds is 8. The second-order valence-corrected chi connectivity index (χ2v) is 10.7. The van der Waals surface area contributed by atoms with Gasteiger partial charge < -0.3 is 18.9 Å². The average molecular weight is 475 g/mol. The maximum atomic E-state index is 12.8. The summed E-state index contributed by atoms with van der Waals surface area (Å²) >= 11 is 0. The topological polar surface area (TPSA) is 88.1 Å². The van der Waals surface area contributed by atoms with Crippen LogP contribution in [0.25, 0.3) is 0 Å². The largest absolute Gasteiger partial charge is 0.497 e. The van der Waals surface area contributed by atoms with Crippen LogP contribution in [0.1, 0.15) is 36.8 Å². The van der Waals surface area contributed by atoms with Crippen molar-refractivity contribution < 1.29 is 32.2 Å². The molecule has 0 atom stereocenters. The minimum atomic E-state index is -3.72. The SMILES string of the molecule is COc1cc(C)cc(COc2ccc(S(=O)(=O)CC(=O)C3CCC4(CC3)OCCO4)cc2)c1. The smallest absolute Gasteiger partial charge is 0.185 e. The van der Waals surface area contributed by atoms with Gasteiger partial charge in [-0.3, -0.25) is 4.79 Å². The maximum Gasteiger partial charge on any atom is 0.185 e. The molecule has 2 aromatic carbocycles. The first-order valence-electron chi connectivity index (χ1n) is 11.2. The van der Waals surface area contributed by atoms with Gasteiger partial charge in [-0.05, 0) is 67.3 Å². The second-order valence-electron chi connectivity index (χ2n) is 8.73. The molecule has 2 fully saturated rings. The number of carbonyl (C=O) groups is 1. The molecule has 1 saturated heterocycles. The van der Waals surface area contributed by atoms with Gasteiger partial charge in [-0.15, -0.1) is 0 Å². The van der Waals surface area contributed by atoms with Crippen LogP contribution in [0, 0.1) is 12.8 Å². The molecular weight excluding hydrogens is 444 g/mol. The van der Waals surface area contributed by atoms with Gasteiger partial charge in [-0.1, -0.05) is 6.07 Å². The molecule has 0 radical (unpaired) electrons. The Hall–Kier alpha value is -2.42. The second kappa shape index (κ2) is 9.83. The van der Waals surface area contributed by atoms with E-state index in [1.165, 1.54) is 12.1 Å². The Morgan fingerprint density at radius 1 is 1.03 bits per heavy atom. The Bertz CT molecular complexity index is 1080. The molecule has 0 amide bonds. The summed E-state index contributed by atoms with van der Waals surface area (Å²) in [5.41, 5.74) is 2.02. The minimum Gasteiger partial charge on any atom is -0.497 e. The molecule has 8 heteroatoms. The lowest BCUT2D eigenvalue weighted by molar-refractivity contribution is -0.183. The van der Waals surface area contributed by atoms with Crippen LogP contribution < -0.4 is 9.47 Å². The van der Waals surface area contributed by atoms with Crippen molar-refractivity contribution in [1.29, 1.82) is 0 Å². The number of sulfone groups is 1. The van der Waals surface area contributed by atoms with Crippen LogP contribution >= 0.6 is 0 Å². The predicted octanol–water partition coefficient (Wildman–Crippen LogP) is 3.86. The van der Waals surface area contributed by atoms with Crippen molar-refractivity contribution in [2.45, 2.75) is 49.9 Å². The number of ether oxygens (including phenoxy) is 4. The summed E-state index contributed by atoms with van der Waals surface area (Å²) in [5, 5.41) is 0. The summed E-state index contributed by atoms with van der Waals surface area (Å²) in [7, 11) is -2.10. The molecule has 1 spiro atoms. The van der Waals surface area contributed by atoms with E-state index in [2.05, 4.69) is 0 Å². The van der Waals surface area contributed by atoms with E-state index >= 15 is 0 Å². The van der Waals surface area contributed by atoms with Gasteiger partial charge in [-0.25, -0.2) is 8.42 Å². The summed E-state index contributed by atoms with van der Waals surface area (Å²) in [6.07, 6.45) is 2.43. The Morgan fingerprint density at radius 2 is 1.70 bits per heavy atom. The number of Topliss-reactive ketones (excluding diaryl/α,β-unsaturated/α-hetero) is 1. The lowest BCUT2D eigenvalue weighted by Crippen LogP contribution is -2.38. The summed E-state index contributed by atoms with van der Waals surface area (Å²) in [6.45, 7) is 3.46. The minimum absolute atomic E-state index is 0.121. The van der Waals surface area contributed by atoms with E-state index < -0.39 is 21.4 Å². The van der Waals surface area contributed by atoms with Gasteiger partial charge in [-0.2, -0.15) is 0 Å². The Balaban J connectivity index is 1.33. The van der Waals surface area contributed by atoms with Crippen molar-refractivity contribution in [1.82, 2.24) is 0 Å². The third-order valence-corrected chi connectivity index (χ3v) is 7.94. The molecule has 0 N–H and O–H groups in total. The molecule has 178 valence electrons. The number of hydrogen-bond donors (Lipinski definition) is 0. The highest BCUT2D eigenvalue weighted by Gasteiger charge is 2.42. The number of carbonyl (C=O) groups excluding carboxylic acids is 1. The first-order chi connectivity index (χ1) is 15.8. The van der Waals surface area contributed by atoms with Gasteiger partial charge in [0.2, 0.25) is 0 Å². The van der Waals surface area contributed by atoms with Crippen LogP contribution in [-0.2, 0) is 30.7 Å². The van der Waals surface area contributed by atoms with Crippen molar-refractivity contribution in [3.8, 4) is 11.5 Å². The fourth-order valence-electron chi connectivity index (χ4n) is 4.49. The van der Waals surface area contributed by atoms with Crippen LogP contribution in [0.4, 0.5) is 0 Å². The number of hydrogen-bond acceptors (Lipinski definition) is 7. The zero-order valence-corrected chi connectivity index (χ0v) is 19.9. The first kappa shape index (κ1) is 23.7. The first-order valence-corrected chi connectivity index (χ1v) is 12.8. The molecule has 2 aliphatic rings. The summed E-state index contributed by atoms with van der Waals surface area (Å²) in [4.78, 5) is 12.8. The van der Waals surface area contributed by atoms with Crippen LogP contribution in [0.5, 0.6) is 11.5 Å².